The third-order valence-corrected chi connectivity index (χ3v) is 3.10. The van der Waals surface area contributed by atoms with Crippen molar-refractivity contribution in [3.05, 3.63) is 47.3 Å². The second-order valence-electron chi connectivity index (χ2n) is 4.70. The van der Waals surface area contributed by atoms with Crippen LogP contribution in [0.1, 0.15) is 21.5 Å². The Hall–Kier alpha value is -2.34. The number of nitrogen functional groups attached to an aromatic ring is 1. The van der Waals surface area contributed by atoms with E-state index in [-0.39, 0.29) is 5.91 Å². The maximum absolute atomic E-state index is 12.0. The Morgan fingerprint density at radius 2 is 2.25 bits per heavy atom. The number of nitrogens with zero attached hydrogens (tertiary/aromatic N) is 2. The zero-order valence-electron chi connectivity index (χ0n) is 11.7. The first-order valence-corrected chi connectivity index (χ1v) is 6.43. The van der Waals surface area contributed by atoms with Crippen LogP contribution >= 0.6 is 0 Å². The minimum Gasteiger partial charge on any atom is -0.352 e. The summed E-state index contributed by atoms with van der Waals surface area (Å²) >= 11 is 0. The van der Waals surface area contributed by atoms with Crippen molar-refractivity contribution in [2.75, 3.05) is 12.0 Å². The standard InChI is InChI=1S/C14H19N5O/c1-10-7-12(3-4-13(10)18-15)14(20)16-6-5-11-8-17-19(2)9-11/h3-4,7-9,18H,5-6,15H2,1-2H3,(H,16,20). The first-order valence-electron chi connectivity index (χ1n) is 6.43. The van der Waals surface area contributed by atoms with E-state index >= 15 is 0 Å². The Balaban J connectivity index is 1.90. The first-order chi connectivity index (χ1) is 9.60. The molecule has 0 aliphatic rings. The minimum absolute atomic E-state index is 0.0828. The molecule has 1 aromatic heterocycles. The number of aryl methyl sites for hydroxylation is 2. The molecule has 6 nitrogen and oxygen atoms in total. The molecule has 20 heavy (non-hydrogen) atoms. The van der Waals surface area contributed by atoms with Crippen LogP contribution in [-0.2, 0) is 13.5 Å². The number of hydrazine groups is 1. The lowest BCUT2D eigenvalue weighted by molar-refractivity contribution is 0.0954. The number of hydrogen-bond donors (Lipinski definition) is 3. The van der Waals surface area contributed by atoms with Crippen LogP contribution in [0.5, 0.6) is 0 Å². The number of nitrogens with two attached hydrogens (primary N) is 1. The van der Waals surface area contributed by atoms with E-state index in [2.05, 4.69) is 15.8 Å². The Bertz CT molecular complexity index is 605. The number of rotatable bonds is 5. The molecule has 0 bridgehead atoms. The predicted molar refractivity (Wildman–Crippen MR) is 78.2 cm³/mol. The number of anilines is 1. The lowest BCUT2D eigenvalue weighted by Crippen LogP contribution is -2.25. The summed E-state index contributed by atoms with van der Waals surface area (Å²) in [7, 11) is 1.87. The molecule has 0 fully saturated rings. The zero-order valence-corrected chi connectivity index (χ0v) is 11.7. The van der Waals surface area contributed by atoms with Crippen LogP contribution in [-0.4, -0.2) is 22.2 Å². The van der Waals surface area contributed by atoms with Crippen LogP contribution in [0.4, 0.5) is 5.69 Å². The fraction of sp³-hybridized carbons (Fsp3) is 0.286. The van der Waals surface area contributed by atoms with Gasteiger partial charge in [-0.25, -0.2) is 0 Å². The highest BCUT2D eigenvalue weighted by molar-refractivity contribution is 5.94. The van der Waals surface area contributed by atoms with Gasteiger partial charge >= 0.3 is 0 Å². The number of carbonyl (C=O) groups excluding carboxylic acids is 1. The van der Waals surface area contributed by atoms with E-state index in [4.69, 9.17) is 5.84 Å². The highest BCUT2D eigenvalue weighted by atomic mass is 16.1. The monoisotopic (exact) mass is 273 g/mol. The van der Waals surface area contributed by atoms with Crippen molar-refractivity contribution in [2.45, 2.75) is 13.3 Å². The van der Waals surface area contributed by atoms with Crippen molar-refractivity contribution in [3.63, 3.8) is 0 Å². The lowest BCUT2D eigenvalue weighted by atomic mass is 10.1. The Morgan fingerprint density at radius 1 is 1.45 bits per heavy atom. The van der Waals surface area contributed by atoms with E-state index in [1.54, 1.807) is 23.0 Å². The van der Waals surface area contributed by atoms with Gasteiger partial charge in [0.2, 0.25) is 0 Å². The van der Waals surface area contributed by atoms with Gasteiger partial charge in [-0.3, -0.25) is 15.3 Å². The van der Waals surface area contributed by atoms with Gasteiger partial charge < -0.3 is 10.7 Å². The predicted octanol–water partition coefficient (Wildman–Crippen LogP) is 0.987. The number of hydrogen-bond acceptors (Lipinski definition) is 4. The molecule has 0 spiro atoms. The number of amides is 1. The molecule has 1 amide bonds. The summed E-state index contributed by atoms with van der Waals surface area (Å²) in [6, 6.07) is 5.36. The Labute approximate surface area is 117 Å². The molecule has 0 saturated carbocycles. The summed E-state index contributed by atoms with van der Waals surface area (Å²) in [6.07, 6.45) is 4.51. The van der Waals surface area contributed by atoms with Crippen molar-refractivity contribution >= 4 is 11.6 Å². The van der Waals surface area contributed by atoms with Gasteiger partial charge in [0, 0.05) is 25.4 Å². The SMILES string of the molecule is Cc1cc(C(=O)NCCc2cnn(C)c2)ccc1NN. The van der Waals surface area contributed by atoms with Crippen molar-refractivity contribution < 1.29 is 4.79 Å². The zero-order chi connectivity index (χ0) is 14.5. The molecule has 106 valence electrons. The average Bonchev–Trinajstić information content (AvgIpc) is 2.84. The highest BCUT2D eigenvalue weighted by Crippen LogP contribution is 2.15. The molecule has 0 saturated heterocycles. The summed E-state index contributed by atoms with van der Waals surface area (Å²) in [6.45, 7) is 2.49. The van der Waals surface area contributed by atoms with Crippen LogP contribution < -0.4 is 16.6 Å². The van der Waals surface area contributed by atoms with Gasteiger partial charge in [0.25, 0.3) is 5.91 Å². The molecular formula is C14H19N5O. The second kappa shape index (κ2) is 6.21. The molecule has 0 unspecified atom stereocenters. The third-order valence-electron chi connectivity index (χ3n) is 3.10. The smallest absolute Gasteiger partial charge is 0.251 e. The molecule has 0 atom stereocenters. The molecule has 0 aliphatic carbocycles. The summed E-state index contributed by atoms with van der Waals surface area (Å²) in [4.78, 5) is 12.0. The summed E-state index contributed by atoms with van der Waals surface area (Å²) < 4.78 is 1.75. The second-order valence-corrected chi connectivity index (χ2v) is 4.70. The summed E-state index contributed by atoms with van der Waals surface area (Å²) in [5.41, 5.74) is 6.08. The summed E-state index contributed by atoms with van der Waals surface area (Å²) in [5, 5.41) is 6.98. The molecule has 6 heteroatoms. The first kappa shape index (κ1) is 14.1. The maximum atomic E-state index is 12.0. The van der Waals surface area contributed by atoms with E-state index in [1.807, 2.05) is 26.2 Å². The molecule has 1 aromatic carbocycles. The summed E-state index contributed by atoms with van der Waals surface area (Å²) in [5.74, 6) is 5.28. The van der Waals surface area contributed by atoms with Crippen LogP contribution in [0.3, 0.4) is 0 Å². The number of aromatic nitrogens is 2. The van der Waals surface area contributed by atoms with E-state index in [1.165, 1.54) is 0 Å². The number of nitrogens with one attached hydrogen (secondary N) is 2. The topological polar surface area (TPSA) is 85.0 Å². The molecule has 1 heterocycles. The Morgan fingerprint density at radius 3 is 2.85 bits per heavy atom. The molecule has 0 aliphatic heterocycles. The van der Waals surface area contributed by atoms with E-state index in [9.17, 15) is 4.79 Å². The fourth-order valence-electron chi connectivity index (χ4n) is 1.99. The van der Waals surface area contributed by atoms with Crippen LogP contribution in [0.25, 0.3) is 0 Å². The molecular weight excluding hydrogens is 254 g/mol. The van der Waals surface area contributed by atoms with Crippen LogP contribution in [0.2, 0.25) is 0 Å². The van der Waals surface area contributed by atoms with E-state index < -0.39 is 0 Å². The van der Waals surface area contributed by atoms with Crippen molar-refractivity contribution in [2.24, 2.45) is 12.9 Å². The van der Waals surface area contributed by atoms with Crippen molar-refractivity contribution in [3.8, 4) is 0 Å². The molecule has 2 aromatic rings. The van der Waals surface area contributed by atoms with E-state index in [0.717, 1.165) is 23.2 Å². The number of benzene rings is 1. The van der Waals surface area contributed by atoms with Gasteiger partial charge in [0.1, 0.15) is 0 Å². The fourth-order valence-corrected chi connectivity index (χ4v) is 1.99. The van der Waals surface area contributed by atoms with Gasteiger partial charge in [-0.1, -0.05) is 0 Å². The van der Waals surface area contributed by atoms with Crippen LogP contribution in [0, 0.1) is 6.92 Å². The molecule has 2 rings (SSSR count). The Kier molecular flexibility index (Phi) is 4.37. The van der Waals surface area contributed by atoms with Gasteiger partial charge in [-0.2, -0.15) is 5.10 Å². The highest BCUT2D eigenvalue weighted by Gasteiger charge is 2.07. The van der Waals surface area contributed by atoms with E-state index in [0.29, 0.717) is 12.1 Å². The van der Waals surface area contributed by atoms with Gasteiger partial charge in [-0.05, 0) is 42.7 Å². The normalized spacial score (nSPS) is 10.3. The molecule has 4 N–H and O–H groups in total. The maximum Gasteiger partial charge on any atom is 0.251 e. The van der Waals surface area contributed by atoms with Crippen LogP contribution in [0.15, 0.2) is 30.6 Å². The largest absolute Gasteiger partial charge is 0.352 e. The minimum atomic E-state index is -0.0828. The molecule has 0 radical (unpaired) electrons. The van der Waals surface area contributed by atoms with Gasteiger partial charge in [-0.15, -0.1) is 0 Å². The van der Waals surface area contributed by atoms with Crippen molar-refractivity contribution in [1.29, 1.82) is 0 Å². The average molecular weight is 273 g/mol. The van der Waals surface area contributed by atoms with Crippen molar-refractivity contribution in [1.82, 2.24) is 15.1 Å². The lowest BCUT2D eigenvalue weighted by Gasteiger charge is -2.08. The number of carbonyl (C=O) groups is 1. The third kappa shape index (κ3) is 3.36. The van der Waals surface area contributed by atoms with Gasteiger partial charge in [0.05, 0.1) is 11.9 Å². The van der Waals surface area contributed by atoms with Gasteiger partial charge in [0.15, 0.2) is 0 Å². The quantitative estimate of drug-likeness (QED) is 0.560.